The van der Waals surface area contributed by atoms with E-state index in [0.29, 0.717) is 17.8 Å². The number of carbonyl (C=O) groups excluding carboxylic acids is 1. The van der Waals surface area contributed by atoms with Crippen LogP contribution in [0.1, 0.15) is 24.9 Å². The second kappa shape index (κ2) is 4.81. The van der Waals surface area contributed by atoms with Crippen molar-refractivity contribution in [3.8, 4) is 0 Å². The van der Waals surface area contributed by atoms with Crippen molar-refractivity contribution < 1.29 is 9.53 Å². The third kappa shape index (κ3) is 2.04. The fraction of sp³-hybridized carbons (Fsp3) is 0.333. The molecule has 0 unspecified atom stereocenters. The molecule has 0 N–H and O–H groups in total. The molecule has 84 valence electrons. The summed E-state index contributed by atoms with van der Waals surface area (Å²) < 4.78 is 6.01. The number of ether oxygens (including phenoxy) is 1. The van der Waals surface area contributed by atoms with Gasteiger partial charge in [-0.05, 0) is 0 Å². The molecule has 1 heterocycles. The summed E-state index contributed by atoms with van der Waals surface area (Å²) in [5, 5.41) is 0. The van der Waals surface area contributed by atoms with Crippen LogP contribution in [0.25, 0.3) is 0 Å². The monoisotopic (exact) mass is 283 g/mol. The summed E-state index contributed by atoms with van der Waals surface area (Å²) >= 11 is 2.80. The van der Waals surface area contributed by atoms with Crippen molar-refractivity contribution in [2.24, 2.45) is 0 Å². The van der Waals surface area contributed by atoms with Gasteiger partial charge in [0.25, 0.3) is 0 Å². The molecule has 1 aromatic rings. The molecule has 0 saturated carbocycles. The Labute approximate surface area is 103 Å². The predicted octanol–water partition coefficient (Wildman–Crippen LogP) is 1.25. The number of hydrogen-bond acceptors (Lipinski definition) is 2. The molecule has 4 heteroatoms. The van der Waals surface area contributed by atoms with E-state index in [9.17, 15) is 4.79 Å². The molecule has 1 aliphatic heterocycles. The first-order chi connectivity index (χ1) is 7.74. The van der Waals surface area contributed by atoms with E-state index in [-0.39, 0.29) is 11.9 Å². The fourth-order valence-corrected chi connectivity index (χ4v) is 2.41. The van der Waals surface area contributed by atoms with Gasteiger partial charge in [-0.25, -0.2) is 0 Å². The molecular weight excluding hydrogens is 269 g/mol. The zero-order valence-corrected chi connectivity index (χ0v) is 10.8. The summed E-state index contributed by atoms with van der Waals surface area (Å²) in [6, 6.07) is 9.95. The zero-order chi connectivity index (χ0) is 11.5. The zero-order valence-electron chi connectivity index (χ0n) is 9.05. The molecule has 1 aromatic carbocycles. The molecule has 2 rings (SSSR count). The third-order valence-corrected chi connectivity index (χ3v) is 3.29. The van der Waals surface area contributed by atoms with Crippen molar-refractivity contribution in [1.82, 2.24) is 4.90 Å². The van der Waals surface area contributed by atoms with Crippen LogP contribution in [0.15, 0.2) is 30.3 Å². The fourth-order valence-electron chi connectivity index (χ4n) is 1.79. The van der Waals surface area contributed by atoms with Gasteiger partial charge in [0.15, 0.2) is 0 Å². The van der Waals surface area contributed by atoms with Crippen LogP contribution in [0.3, 0.4) is 0 Å². The van der Waals surface area contributed by atoms with Crippen molar-refractivity contribution in [1.29, 1.82) is 0 Å². The van der Waals surface area contributed by atoms with Crippen molar-refractivity contribution in [3.63, 3.8) is 0 Å². The van der Waals surface area contributed by atoms with E-state index in [1.165, 1.54) is 0 Å². The molecule has 1 saturated heterocycles. The molecule has 0 aromatic heterocycles. The Kier molecular flexibility index (Phi) is 3.42. The normalized spacial score (nSPS) is 19.7. The van der Waals surface area contributed by atoms with Crippen LogP contribution in [0, 0.1) is 0 Å². The van der Waals surface area contributed by atoms with E-state index in [2.05, 4.69) is 15.6 Å². The van der Waals surface area contributed by atoms with Crippen LogP contribution in [-0.4, -0.2) is 37.7 Å². The maximum absolute atomic E-state index is 11.8. The summed E-state index contributed by atoms with van der Waals surface area (Å²) in [5.74, 6) is 0.0834. The number of nitrogens with zero attached hydrogens (tertiary/aromatic N) is 1. The van der Waals surface area contributed by atoms with Crippen LogP contribution in [0.5, 0.6) is 0 Å². The van der Waals surface area contributed by atoms with E-state index in [1.807, 2.05) is 37.3 Å². The molecule has 1 aliphatic rings. The van der Waals surface area contributed by atoms with Gasteiger partial charge in [-0.15, -0.1) is 0 Å². The first-order valence-corrected chi connectivity index (χ1v) is 6.13. The Morgan fingerprint density at radius 3 is 2.81 bits per heavy atom. The Morgan fingerprint density at radius 1 is 1.50 bits per heavy atom. The molecule has 16 heavy (non-hydrogen) atoms. The molecule has 0 aliphatic carbocycles. The standard InChI is InChI=1S/C12H13NO2Se/c1-2-11(14)13-10(8-15-12(13)16)9-6-4-3-5-7-9/h3-7,10H,2,8H2,1H3/t10-/m1/s1. The average Bonchev–Trinajstić information content (AvgIpc) is 2.71. The minimum atomic E-state index is 0.00454. The van der Waals surface area contributed by atoms with Gasteiger partial charge in [0.1, 0.15) is 0 Å². The van der Waals surface area contributed by atoms with Crippen LogP contribution < -0.4 is 0 Å². The second-order valence-electron chi connectivity index (χ2n) is 3.62. The minimum absolute atomic E-state index is 0.00454. The molecule has 0 bridgehead atoms. The SMILES string of the molecule is CCC(=O)N1C(=[Se])OC[C@@H]1c1ccccc1. The van der Waals surface area contributed by atoms with E-state index in [4.69, 9.17) is 4.74 Å². The Morgan fingerprint density at radius 2 is 2.19 bits per heavy atom. The van der Waals surface area contributed by atoms with Crippen LogP contribution >= 0.6 is 0 Å². The number of hydrogen-bond donors (Lipinski definition) is 0. The quantitative estimate of drug-likeness (QED) is 0.764. The summed E-state index contributed by atoms with van der Waals surface area (Å²) in [6.07, 6.45) is 0.484. The number of benzene rings is 1. The number of amides is 1. The predicted molar refractivity (Wildman–Crippen MR) is 63.0 cm³/mol. The molecule has 1 atom stereocenters. The molecule has 0 spiro atoms. The van der Waals surface area contributed by atoms with Crippen molar-refractivity contribution in [2.45, 2.75) is 19.4 Å². The van der Waals surface area contributed by atoms with Crippen LogP contribution in [0.2, 0.25) is 0 Å². The van der Waals surface area contributed by atoms with Crippen molar-refractivity contribution in [2.75, 3.05) is 6.61 Å². The molecule has 1 amide bonds. The van der Waals surface area contributed by atoms with Gasteiger partial charge in [0.2, 0.25) is 0 Å². The Hall–Kier alpha value is -1.12. The van der Waals surface area contributed by atoms with Crippen molar-refractivity contribution in [3.05, 3.63) is 35.9 Å². The van der Waals surface area contributed by atoms with E-state index < -0.39 is 0 Å². The number of rotatable bonds is 2. The molecule has 3 nitrogen and oxygen atoms in total. The Balaban J connectivity index is 2.28. The van der Waals surface area contributed by atoms with Gasteiger partial charge in [-0.2, -0.15) is 0 Å². The topological polar surface area (TPSA) is 29.5 Å². The molecule has 1 fully saturated rings. The van der Waals surface area contributed by atoms with Gasteiger partial charge in [0, 0.05) is 0 Å². The summed E-state index contributed by atoms with van der Waals surface area (Å²) in [5.41, 5.74) is 1.11. The number of carbonyl (C=O) groups is 1. The first-order valence-electron chi connectivity index (χ1n) is 5.27. The average molecular weight is 282 g/mol. The van der Waals surface area contributed by atoms with Gasteiger partial charge in [0.05, 0.1) is 0 Å². The van der Waals surface area contributed by atoms with E-state index in [0.717, 1.165) is 5.56 Å². The first kappa shape index (κ1) is 11.4. The van der Waals surface area contributed by atoms with Gasteiger partial charge in [-0.3, -0.25) is 0 Å². The summed E-state index contributed by atoms with van der Waals surface area (Å²) in [7, 11) is 0. The maximum atomic E-state index is 11.8. The Bertz CT molecular complexity index is 405. The van der Waals surface area contributed by atoms with Gasteiger partial charge >= 0.3 is 103 Å². The van der Waals surface area contributed by atoms with Crippen LogP contribution in [-0.2, 0) is 9.53 Å². The van der Waals surface area contributed by atoms with Gasteiger partial charge < -0.3 is 0 Å². The van der Waals surface area contributed by atoms with Crippen LogP contribution in [0.4, 0.5) is 0 Å². The molecule has 0 radical (unpaired) electrons. The van der Waals surface area contributed by atoms with E-state index >= 15 is 0 Å². The van der Waals surface area contributed by atoms with Crippen molar-refractivity contribution >= 4 is 26.2 Å². The second-order valence-corrected chi connectivity index (χ2v) is 4.35. The summed E-state index contributed by atoms with van der Waals surface area (Å²) in [4.78, 5) is 13.5. The van der Waals surface area contributed by atoms with Gasteiger partial charge in [-0.1, -0.05) is 0 Å². The third-order valence-electron chi connectivity index (χ3n) is 2.63. The summed E-state index contributed by atoms with van der Waals surface area (Å²) in [6.45, 7) is 2.38. The molecular formula is C12H13NO2Se. The van der Waals surface area contributed by atoms with E-state index in [1.54, 1.807) is 4.90 Å².